The van der Waals surface area contributed by atoms with Crippen LogP contribution in [-0.2, 0) is 0 Å². The number of hydrogen-bond acceptors (Lipinski definition) is 2. The van der Waals surface area contributed by atoms with Gasteiger partial charge in [0.05, 0.1) is 0 Å². The molecule has 2 atom stereocenters. The Balaban J connectivity index is 1.96. The van der Waals surface area contributed by atoms with Gasteiger partial charge in [-0.05, 0) is 45.2 Å². The molecular weight excluding hydrogens is 136 g/mol. The van der Waals surface area contributed by atoms with Gasteiger partial charge in [-0.1, -0.05) is 0 Å². The zero-order valence-corrected chi connectivity index (χ0v) is 6.84. The molecule has 64 valence electrons. The SMILES string of the molecule is [2H]C([2H])([2H])N1CCC2NCCCC2C1. The summed E-state index contributed by atoms with van der Waals surface area (Å²) < 4.78 is 22.1. The highest BCUT2D eigenvalue weighted by molar-refractivity contribution is 4.86. The fourth-order valence-corrected chi connectivity index (χ4v) is 2.25. The maximum absolute atomic E-state index is 7.37. The summed E-state index contributed by atoms with van der Waals surface area (Å²) in [5, 5.41) is 3.48. The number of nitrogens with one attached hydrogen (secondary N) is 1. The number of likely N-dealkylation sites (tertiary alicyclic amines) is 1. The normalized spacial score (nSPS) is 45.3. The quantitative estimate of drug-likeness (QED) is 0.556. The van der Waals surface area contributed by atoms with E-state index in [0.29, 0.717) is 18.5 Å². The monoisotopic (exact) mass is 157 g/mol. The van der Waals surface area contributed by atoms with E-state index in [9.17, 15) is 0 Å². The van der Waals surface area contributed by atoms with Gasteiger partial charge in [0, 0.05) is 16.7 Å². The van der Waals surface area contributed by atoms with Crippen LogP contribution in [-0.4, -0.2) is 37.6 Å². The van der Waals surface area contributed by atoms with Crippen molar-refractivity contribution in [2.24, 2.45) is 5.92 Å². The van der Waals surface area contributed by atoms with E-state index in [-0.39, 0.29) is 0 Å². The van der Waals surface area contributed by atoms with Crippen LogP contribution in [0.25, 0.3) is 0 Å². The second kappa shape index (κ2) is 3.11. The fourth-order valence-electron chi connectivity index (χ4n) is 2.25. The molecule has 2 rings (SSSR count). The molecule has 0 amide bonds. The zero-order chi connectivity index (χ0) is 10.2. The lowest BCUT2D eigenvalue weighted by molar-refractivity contribution is 0.135. The van der Waals surface area contributed by atoms with Crippen molar-refractivity contribution in [1.29, 1.82) is 0 Å². The standard InChI is InChI=1S/C9H18N2/c1-11-6-4-9-8(7-11)3-2-5-10-9/h8-10H,2-7H2,1H3/i1D3. The lowest BCUT2D eigenvalue weighted by atomic mass is 9.86. The van der Waals surface area contributed by atoms with Crippen LogP contribution >= 0.6 is 0 Å². The van der Waals surface area contributed by atoms with E-state index in [2.05, 4.69) is 5.32 Å². The molecular formula is C9H18N2. The highest BCUT2D eigenvalue weighted by Gasteiger charge is 2.28. The van der Waals surface area contributed by atoms with Gasteiger partial charge in [0.25, 0.3) is 0 Å². The maximum atomic E-state index is 7.37. The zero-order valence-electron chi connectivity index (χ0n) is 9.84. The fraction of sp³-hybridized carbons (Fsp3) is 1.00. The summed E-state index contributed by atoms with van der Waals surface area (Å²) in [5.41, 5.74) is 0. The van der Waals surface area contributed by atoms with Crippen LogP contribution in [0.1, 0.15) is 23.4 Å². The highest BCUT2D eigenvalue weighted by atomic mass is 15.1. The van der Waals surface area contributed by atoms with Gasteiger partial charge in [0.1, 0.15) is 0 Å². The molecule has 2 nitrogen and oxygen atoms in total. The average molecular weight is 157 g/mol. The van der Waals surface area contributed by atoms with Gasteiger partial charge in [-0.3, -0.25) is 0 Å². The van der Waals surface area contributed by atoms with E-state index in [1.54, 1.807) is 4.90 Å². The summed E-state index contributed by atoms with van der Waals surface area (Å²) in [4.78, 5) is 1.65. The molecule has 0 bridgehead atoms. The largest absolute Gasteiger partial charge is 0.314 e. The summed E-state index contributed by atoms with van der Waals surface area (Å²) in [6.07, 6.45) is 3.36. The first kappa shape index (κ1) is 4.83. The molecule has 1 N–H and O–H groups in total. The summed E-state index contributed by atoms with van der Waals surface area (Å²) >= 11 is 0. The van der Waals surface area contributed by atoms with E-state index < -0.39 is 6.98 Å². The molecule has 0 aliphatic carbocycles. The number of piperidine rings is 2. The molecule has 2 fully saturated rings. The Morgan fingerprint density at radius 1 is 1.55 bits per heavy atom. The first-order chi connectivity index (χ1) is 6.57. The molecule has 2 saturated heterocycles. The van der Waals surface area contributed by atoms with Gasteiger partial charge >= 0.3 is 0 Å². The van der Waals surface area contributed by atoms with Crippen LogP contribution < -0.4 is 5.32 Å². The summed E-state index contributed by atoms with van der Waals surface area (Å²) in [5.74, 6) is 0.554. The molecule has 0 saturated carbocycles. The smallest absolute Gasteiger partial charge is 0.0394 e. The molecule has 11 heavy (non-hydrogen) atoms. The Bertz CT molecular complexity index is 205. The van der Waals surface area contributed by atoms with Crippen molar-refractivity contribution in [2.45, 2.75) is 25.3 Å². The molecule has 0 radical (unpaired) electrons. The number of rotatable bonds is 0. The third kappa shape index (κ3) is 1.57. The van der Waals surface area contributed by atoms with Crippen LogP contribution in [0.4, 0.5) is 0 Å². The van der Waals surface area contributed by atoms with Crippen LogP contribution in [0, 0.1) is 5.92 Å². The van der Waals surface area contributed by atoms with Crippen molar-refractivity contribution in [3.8, 4) is 0 Å². The van der Waals surface area contributed by atoms with Crippen LogP contribution in [0.3, 0.4) is 0 Å². The third-order valence-electron chi connectivity index (χ3n) is 2.89. The molecule has 0 aromatic rings. The Morgan fingerprint density at radius 2 is 2.55 bits per heavy atom. The Morgan fingerprint density at radius 3 is 3.45 bits per heavy atom. The van der Waals surface area contributed by atoms with Crippen molar-refractivity contribution < 1.29 is 4.11 Å². The van der Waals surface area contributed by atoms with E-state index in [4.69, 9.17) is 4.11 Å². The number of nitrogens with zero attached hydrogens (tertiary/aromatic N) is 1. The summed E-state index contributed by atoms with van der Waals surface area (Å²) in [7, 11) is 0. The molecule has 0 aromatic heterocycles. The molecule has 0 spiro atoms. The molecule has 2 aliphatic heterocycles. The van der Waals surface area contributed by atoms with Gasteiger partial charge in [-0.2, -0.15) is 0 Å². The summed E-state index contributed by atoms with van der Waals surface area (Å²) in [6, 6.07) is 0.572. The predicted molar refractivity (Wildman–Crippen MR) is 46.6 cm³/mol. The Hall–Kier alpha value is -0.0800. The molecule has 2 aliphatic rings. The van der Waals surface area contributed by atoms with E-state index in [1.807, 2.05) is 0 Å². The van der Waals surface area contributed by atoms with Gasteiger partial charge in [-0.15, -0.1) is 0 Å². The minimum Gasteiger partial charge on any atom is -0.314 e. The van der Waals surface area contributed by atoms with Crippen LogP contribution in [0.2, 0.25) is 0 Å². The van der Waals surface area contributed by atoms with E-state index in [0.717, 1.165) is 19.5 Å². The third-order valence-corrected chi connectivity index (χ3v) is 2.89. The average Bonchev–Trinajstić information content (AvgIpc) is 2.16. The highest BCUT2D eigenvalue weighted by Crippen LogP contribution is 2.23. The van der Waals surface area contributed by atoms with Crippen molar-refractivity contribution in [2.75, 3.05) is 26.6 Å². The maximum Gasteiger partial charge on any atom is 0.0394 e. The lowest BCUT2D eigenvalue weighted by Gasteiger charge is -2.40. The minimum absolute atomic E-state index is 0.554. The van der Waals surface area contributed by atoms with Gasteiger partial charge in [0.15, 0.2) is 0 Å². The second-order valence-corrected chi connectivity index (χ2v) is 3.70. The molecule has 2 heteroatoms. The molecule has 2 unspecified atom stereocenters. The van der Waals surface area contributed by atoms with Crippen molar-refractivity contribution >= 4 is 0 Å². The second-order valence-electron chi connectivity index (χ2n) is 3.70. The lowest BCUT2D eigenvalue weighted by Crippen LogP contribution is -2.50. The summed E-state index contributed by atoms with van der Waals surface area (Å²) in [6.45, 7) is 0.677. The first-order valence-corrected chi connectivity index (χ1v) is 4.56. The van der Waals surface area contributed by atoms with Crippen molar-refractivity contribution in [3.63, 3.8) is 0 Å². The Kier molecular flexibility index (Phi) is 1.37. The minimum atomic E-state index is -1.89. The Labute approximate surface area is 73.2 Å². The van der Waals surface area contributed by atoms with E-state index in [1.165, 1.54) is 12.8 Å². The predicted octanol–water partition coefficient (Wildman–Crippen LogP) is 0.690. The van der Waals surface area contributed by atoms with Gasteiger partial charge in [0.2, 0.25) is 0 Å². The van der Waals surface area contributed by atoms with Crippen LogP contribution in [0.15, 0.2) is 0 Å². The van der Waals surface area contributed by atoms with Gasteiger partial charge in [-0.25, -0.2) is 0 Å². The molecule has 0 aromatic carbocycles. The topological polar surface area (TPSA) is 15.3 Å². The van der Waals surface area contributed by atoms with Crippen molar-refractivity contribution in [3.05, 3.63) is 0 Å². The van der Waals surface area contributed by atoms with E-state index >= 15 is 0 Å². The van der Waals surface area contributed by atoms with Crippen molar-refractivity contribution in [1.82, 2.24) is 10.2 Å². The number of hydrogen-bond donors (Lipinski definition) is 1. The van der Waals surface area contributed by atoms with Crippen LogP contribution in [0.5, 0.6) is 0 Å². The first-order valence-electron chi connectivity index (χ1n) is 6.06. The number of fused-ring (bicyclic) bond motifs is 1. The van der Waals surface area contributed by atoms with Gasteiger partial charge < -0.3 is 10.2 Å². The molecule has 2 heterocycles.